The van der Waals surface area contributed by atoms with Crippen LogP contribution in [-0.2, 0) is 11.3 Å². The van der Waals surface area contributed by atoms with E-state index in [0.29, 0.717) is 30.6 Å². The predicted molar refractivity (Wildman–Crippen MR) is 113 cm³/mol. The van der Waals surface area contributed by atoms with Gasteiger partial charge in [-0.05, 0) is 45.1 Å². The van der Waals surface area contributed by atoms with Crippen LogP contribution in [0.4, 0.5) is 4.39 Å². The van der Waals surface area contributed by atoms with Gasteiger partial charge >= 0.3 is 0 Å². The van der Waals surface area contributed by atoms with Gasteiger partial charge in [0, 0.05) is 56.4 Å². The number of carbonyl (C=O) groups is 1. The maximum atomic E-state index is 14.3. The molecule has 0 unspecified atom stereocenters. The Labute approximate surface area is 177 Å². The standard InChI is InChI=1S/C24H31FN4O/c1-17(2)29-14-22(26-16-29)20-13-27(12-19-5-3-4-6-21(19)25)15-24(20)9-10-28(23(24)30)11-18-7-8-18/h3-6,14,16-18,20H,7-13,15H2,1-2H3/t20-,24+/m1/s1. The van der Waals surface area contributed by atoms with Gasteiger partial charge in [-0.1, -0.05) is 18.2 Å². The van der Waals surface area contributed by atoms with Gasteiger partial charge in [-0.2, -0.15) is 0 Å². The summed E-state index contributed by atoms with van der Waals surface area (Å²) in [5, 5.41) is 0. The van der Waals surface area contributed by atoms with Crippen molar-refractivity contribution in [2.24, 2.45) is 11.3 Å². The monoisotopic (exact) mass is 410 g/mol. The van der Waals surface area contributed by atoms with Gasteiger partial charge in [0.25, 0.3) is 0 Å². The first-order valence-electron chi connectivity index (χ1n) is 11.2. The minimum atomic E-state index is -0.434. The lowest BCUT2D eigenvalue weighted by Crippen LogP contribution is -2.40. The topological polar surface area (TPSA) is 41.4 Å². The van der Waals surface area contributed by atoms with E-state index < -0.39 is 5.41 Å². The van der Waals surface area contributed by atoms with Gasteiger partial charge in [-0.3, -0.25) is 9.69 Å². The van der Waals surface area contributed by atoms with Crippen molar-refractivity contribution in [1.82, 2.24) is 19.4 Å². The Balaban J connectivity index is 1.44. The SMILES string of the molecule is CC(C)n1cnc([C@H]2CN(Cc3ccccc3F)C[C@@]23CCN(CC2CC2)C3=O)c1. The van der Waals surface area contributed by atoms with Gasteiger partial charge in [0.05, 0.1) is 17.4 Å². The Morgan fingerprint density at radius 1 is 1.27 bits per heavy atom. The quantitative estimate of drug-likeness (QED) is 0.727. The van der Waals surface area contributed by atoms with Crippen LogP contribution in [0, 0.1) is 17.2 Å². The number of carbonyl (C=O) groups excluding carboxylic acids is 1. The van der Waals surface area contributed by atoms with Crippen LogP contribution >= 0.6 is 0 Å². The smallest absolute Gasteiger partial charge is 0.230 e. The molecule has 2 saturated heterocycles. The molecule has 160 valence electrons. The molecule has 0 N–H and O–H groups in total. The minimum Gasteiger partial charge on any atom is -0.342 e. The summed E-state index contributed by atoms with van der Waals surface area (Å²) in [5.74, 6) is 0.862. The number of likely N-dealkylation sites (tertiary alicyclic amines) is 2. The molecule has 2 aliphatic heterocycles. The van der Waals surface area contributed by atoms with Crippen LogP contribution in [0.1, 0.15) is 56.3 Å². The van der Waals surface area contributed by atoms with Crippen molar-refractivity contribution in [2.45, 2.75) is 51.6 Å². The van der Waals surface area contributed by atoms with Gasteiger partial charge in [-0.15, -0.1) is 0 Å². The predicted octanol–water partition coefficient (Wildman–Crippen LogP) is 3.83. The molecule has 6 heteroatoms. The van der Waals surface area contributed by atoms with Gasteiger partial charge in [0.15, 0.2) is 0 Å². The zero-order valence-corrected chi connectivity index (χ0v) is 17.9. The second-order valence-electron chi connectivity index (χ2n) is 9.75. The Hall–Kier alpha value is -2.21. The Morgan fingerprint density at radius 3 is 2.77 bits per heavy atom. The highest BCUT2D eigenvalue weighted by atomic mass is 19.1. The highest BCUT2D eigenvalue weighted by Gasteiger charge is 2.58. The molecule has 1 aliphatic carbocycles. The molecule has 2 aromatic rings. The van der Waals surface area contributed by atoms with Crippen molar-refractivity contribution in [3.05, 3.63) is 53.9 Å². The van der Waals surface area contributed by atoms with Crippen LogP contribution in [0.15, 0.2) is 36.8 Å². The Bertz CT molecular complexity index is 937. The molecule has 0 bridgehead atoms. The third kappa shape index (κ3) is 3.45. The number of benzene rings is 1. The van der Waals surface area contributed by atoms with E-state index >= 15 is 0 Å². The average Bonchev–Trinajstić information content (AvgIpc) is 3.15. The molecule has 30 heavy (non-hydrogen) atoms. The van der Waals surface area contributed by atoms with Crippen molar-refractivity contribution in [2.75, 3.05) is 26.2 Å². The van der Waals surface area contributed by atoms with Crippen LogP contribution in [0.3, 0.4) is 0 Å². The summed E-state index contributed by atoms with van der Waals surface area (Å²) in [7, 11) is 0. The maximum Gasteiger partial charge on any atom is 0.230 e. The van der Waals surface area contributed by atoms with Crippen molar-refractivity contribution in [3.8, 4) is 0 Å². The molecule has 3 heterocycles. The molecule has 5 rings (SSSR count). The summed E-state index contributed by atoms with van der Waals surface area (Å²) in [6, 6.07) is 7.30. The van der Waals surface area contributed by atoms with E-state index in [4.69, 9.17) is 4.98 Å². The maximum absolute atomic E-state index is 14.3. The van der Waals surface area contributed by atoms with Crippen molar-refractivity contribution in [1.29, 1.82) is 0 Å². The summed E-state index contributed by atoms with van der Waals surface area (Å²) in [6.45, 7) is 7.97. The van der Waals surface area contributed by atoms with E-state index in [0.717, 1.165) is 31.7 Å². The van der Waals surface area contributed by atoms with E-state index in [-0.39, 0.29) is 17.6 Å². The molecule has 1 aromatic carbocycles. The third-order valence-electron chi connectivity index (χ3n) is 7.26. The van der Waals surface area contributed by atoms with E-state index in [2.05, 4.69) is 34.4 Å². The minimum absolute atomic E-state index is 0.0565. The molecule has 1 amide bonds. The van der Waals surface area contributed by atoms with Gasteiger partial charge in [0.1, 0.15) is 5.82 Å². The molecule has 3 aliphatic rings. The zero-order valence-electron chi connectivity index (χ0n) is 17.9. The van der Waals surface area contributed by atoms with Crippen molar-refractivity contribution < 1.29 is 9.18 Å². The largest absolute Gasteiger partial charge is 0.342 e. The molecule has 0 radical (unpaired) electrons. The van der Waals surface area contributed by atoms with Crippen LogP contribution in [-0.4, -0.2) is 51.4 Å². The van der Waals surface area contributed by atoms with Crippen LogP contribution in [0.5, 0.6) is 0 Å². The first kappa shape index (κ1) is 19.7. The molecule has 1 spiro atoms. The molecule has 3 fully saturated rings. The van der Waals surface area contributed by atoms with Crippen LogP contribution in [0.2, 0.25) is 0 Å². The highest BCUT2D eigenvalue weighted by molar-refractivity contribution is 5.87. The molecule has 1 saturated carbocycles. The second kappa shape index (κ2) is 7.49. The van der Waals surface area contributed by atoms with Crippen molar-refractivity contribution >= 4 is 5.91 Å². The summed E-state index contributed by atoms with van der Waals surface area (Å²) in [5.41, 5.74) is 1.26. The second-order valence-corrected chi connectivity index (χ2v) is 9.75. The number of aromatic nitrogens is 2. The third-order valence-corrected chi connectivity index (χ3v) is 7.26. The number of nitrogens with zero attached hydrogens (tertiary/aromatic N) is 4. The Morgan fingerprint density at radius 2 is 2.07 bits per heavy atom. The van der Waals surface area contributed by atoms with E-state index in [1.165, 1.54) is 18.9 Å². The molecule has 5 nitrogen and oxygen atoms in total. The van der Waals surface area contributed by atoms with E-state index in [1.54, 1.807) is 6.07 Å². The fraction of sp³-hybridized carbons (Fsp3) is 0.583. The lowest BCUT2D eigenvalue weighted by Gasteiger charge is -2.28. The first-order valence-corrected chi connectivity index (χ1v) is 11.2. The van der Waals surface area contributed by atoms with Gasteiger partial charge in [0.2, 0.25) is 5.91 Å². The summed E-state index contributed by atoms with van der Waals surface area (Å²) in [4.78, 5) is 22.7. The van der Waals surface area contributed by atoms with Crippen LogP contribution < -0.4 is 0 Å². The molecule has 2 atom stereocenters. The normalized spacial score (nSPS) is 27.1. The number of hydrogen-bond acceptors (Lipinski definition) is 3. The summed E-state index contributed by atoms with van der Waals surface area (Å²) < 4.78 is 16.4. The molecule has 1 aromatic heterocycles. The summed E-state index contributed by atoms with van der Waals surface area (Å²) >= 11 is 0. The lowest BCUT2D eigenvalue weighted by atomic mass is 9.75. The number of halogens is 1. The highest BCUT2D eigenvalue weighted by Crippen LogP contribution is 2.50. The number of hydrogen-bond donors (Lipinski definition) is 0. The summed E-state index contributed by atoms with van der Waals surface area (Å²) in [6.07, 6.45) is 7.36. The fourth-order valence-electron chi connectivity index (χ4n) is 5.30. The van der Waals surface area contributed by atoms with Crippen LogP contribution in [0.25, 0.3) is 0 Å². The molecular weight excluding hydrogens is 379 g/mol. The number of rotatable bonds is 6. The lowest BCUT2D eigenvalue weighted by molar-refractivity contribution is -0.136. The van der Waals surface area contributed by atoms with E-state index in [9.17, 15) is 9.18 Å². The van der Waals surface area contributed by atoms with E-state index in [1.807, 2.05) is 18.5 Å². The average molecular weight is 411 g/mol. The Kier molecular flexibility index (Phi) is 4.92. The molecular formula is C24H31FN4O. The number of amides is 1. The number of imidazole rings is 1. The fourth-order valence-corrected chi connectivity index (χ4v) is 5.30. The van der Waals surface area contributed by atoms with Crippen molar-refractivity contribution in [3.63, 3.8) is 0 Å². The first-order chi connectivity index (χ1) is 14.5. The van der Waals surface area contributed by atoms with Gasteiger partial charge < -0.3 is 9.47 Å². The van der Waals surface area contributed by atoms with Gasteiger partial charge in [-0.25, -0.2) is 9.37 Å². The zero-order chi connectivity index (χ0) is 20.9.